The number of H-pyrrole nitrogens is 1. The minimum atomic E-state index is -0.325. The number of rotatable bonds is 1. The lowest BCUT2D eigenvalue weighted by atomic mass is 10.0. The molecule has 0 fully saturated rings. The number of carbonyl (C=O) groups is 3. The van der Waals surface area contributed by atoms with Crippen molar-refractivity contribution in [2.24, 2.45) is 0 Å². The molecular formula is C22H20N4O3. The monoisotopic (exact) mass is 388 g/mol. The van der Waals surface area contributed by atoms with E-state index >= 15 is 0 Å². The number of anilines is 1. The van der Waals surface area contributed by atoms with Crippen LogP contribution in [-0.4, -0.2) is 40.7 Å². The molecular weight excluding hydrogens is 368 g/mol. The van der Waals surface area contributed by atoms with Crippen LogP contribution >= 0.6 is 0 Å². The number of hydrogen-bond donors (Lipinski definition) is 3. The summed E-state index contributed by atoms with van der Waals surface area (Å²) in [7, 11) is 0. The Bertz CT molecular complexity index is 1190. The van der Waals surface area contributed by atoms with Gasteiger partial charge in [-0.05, 0) is 37.3 Å². The molecule has 3 heterocycles. The summed E-state index contributed by atoms with van der Waals surface area (Å²) in [5.74, 6) is -0.744. The molecule has 29 heavy (non-hydrogen) atoms. The summed E-state index contributed by atoms with van der Waals surface area (Å²) in [6, 6.07) is 11.1. The van der Waals surface area contributed by atoms with Crippen LogP contribution in [0, 0.1) is 6.92 Å². The predicted molar refractivity (Wildman–Crippen MR) is 109 cm³/mol. The van der Waals surface area contributed by atoms with Crippen LogP contribution in [0.5, 0.6) is 0 Å². The van der Waals surface area contributed by atoms with E-state index in [4.69, 9.17) is 0 Å². The van der Waals surface area contributed by atoms with Crippen molar-refractivity contribution in [3.8, 4) is 0 Å². The molecule has 3 aromatic rings. The lowest BCUT2D eigenvalue weighted by molar-refractivity contribution is -0.115. The number of hydrogen-bond acceptors (Lipinski definition) is 3. The highest BCUT2D eigenvalue weighted by Crippen LogP contribution is 2.30. The highest BCUT2D eigenvalue weighted by atomic mass is 16.2. The summed E-state index contributed by atoms with van der Waals surface area (Å²) >= 11 is 0. The third kappa shape index (κ3) is 2.95. The molecule has 0 spiro atoms. The maximum Gasteiger partial charge on any atom is 0.254 e. The third-order valence-electron chi connectivity index (χ3n) is 5.61. The minimum absolute atomic E-state index is 0.0777. The van der Waals surface area contributed by atoms with Gasteiger partial charge >= 0.3 is 0 Å². The van der Waals surface area contributed by atoms with Crippen LogP contribution in [0.3, 0.4) is 0 Å². The quantitative estimate of drug-likeness (QED) is 0.597. The first-order valence-corrected chi connectivity index (χ1v) is 9.61. The molecule has 146 valence electrons. The van der Waals surface area contributed by atoms with Crippen molar-refractivity contribution < 1.29 is 14.4 Å². The second-order valence-electron chi connectivity index (χ2n) is 7.60. The fourth-order valence-corrected chi connectivity index (χ4v) is 4.11. The zero-order chi connectivity index (χ0) is 20.1. The van der Waals surface area contributed by atoms with Gasteiger partial charge in [-0.25, -0.2) is 0 Å². The van der Waals surface area contributed by atoms with E-state index in [1.54, 1.807) is 18.2 Å². The molecule has 0 atom stereocenters. The highest BCUT2D eigenvalue weighted by Gasteiger charge is 2.26. The van der Waals surface area contributed by atoms with Gasteiger partial charge in [-0.15, -0.1) is 0 Å². The number of nitrogens with one attached hydrogen (secondary N) is 3. The van der Waals surface area contributed by atoms with Crippen LogP contribution in [-0.2, 0) is 17.8 Å². The summed E-state index contributed by atoms with van der Waals surface area (Å²) in [5.41, 5.74) is 5.80. The molecule has 3 amide bonds. The number of fused-ring (bicyclic) bond motifs is 4. The van der Waals surface area contributed by atoms with Crippen LogP contribution in [0.1, 0.15) is 37.5 Å². The zero-order valence-corrected chi connectivity index (χ0v) is 16.0. The Balaban J connectivity index is 1.46. The van der Waals surface area contributed by atoms with Crippen molar-refractivity contribution in [1.82, 2.24) is 15.2 Å². The van der Waals surface area contributed by atoms with Gasteiger partial charge in [-0.1, -0.05) is 11.6 Å². The third-order valence-corrected chi connectivity index (χ3v) is 5.61. The van der Waals surface area contributed by atoms with Gasteiger partial charge in [0, 0.05) is 47.2 Å². The summed E-state index contributed by atoms with van der Waals surface area (Å²) in [5, 5.41) is 6.39. The average Bonchev–Trinajstić information content (AvgIpc) is 3.01. The fraction of sp³-hybridized carbons (Fsp3) is 0.227. The molecule has 7 heteroatoms. The molecule has 2 aromatic carbocycles. The van der Waals surface area contributed by atoms with Crippen LogP contribution in [0.4, 0.5) is 5.69 Å². The number of nitrogens with zero attached hydrogens (tertiary/aromatic N) is 1. The average molecular weight is 388 g/mol. The summed E-state index contributed by atoms with van der Waals surface area (Å²) in [4.78, 5) is 42.4. The van der Waals surface area contributed by atoms with E-state index in [-0.39, 0.29) is 24.3 Å². The second-order valence-corrected chi connectivity index (χ2v) is 7.60. The maximum atomic E-state index is 13.2. The molecule has 0 saturated heterocycles. The van der Waals surface area contributed by atoms with Gasteiger partial charge in [0.2, 0.25) is 5.91 Å². The van der Waals surface area contributed by atoms with E-state index < -0.39 is 0 Å². The predicted octanol–water partition coefficient (Wildman–Crippen LogP) is 2.36. The second kappa shape index (κ2) is 6.48. The van der Waals surface area contributed by atoms with E-state index in [2.05, 4.69) is 40.7 Å². The fourth-order valence-electron chi connectivity index (χ4n) is 4.11. The molecule has 0 saturated carbocycles. The van der Waals surface area contributed by atoms with Crippen molar-refractivity contribution in [2.75, 3.05) is 18.4 Å². The molecule has 0 bridgehead atoms. The van der Waals surface area contributed by atoms with Gasteiger partial charge in [0.15, 0.2) is 0 Å². The molecule has 3 N–H and O–H groups in total. The van der Waals surface area contributed by atoms with E-state index in [1.165, 1.54) is 11.3 Å². The van der Waals surface area contributed by atoms with E-state index in [0.717, 1.165) is 22.9 Å². The van der Waals surface area contributed by atoms with Gasteiger partial charge in [-0.2, -0.15) is 0 Å². The molecule has 5 rings (SSSR count). The van der Waals surface area contributed by atoms with E-state index in [0.29, 0.717) is 29.9 Å². The van der Waals surface area contributed by atoms with E-state index in [9.17, 15) is 14.4 Å². The van der Waals surface area contributed by atoms with Crippen molar-refractivity contribution in [2.45, 2.75) is 19.9 Å². The van der Waals surface area contributed by atoms with Gasteiger partial charge in [0.05, 0.1) is 17.8 Å². The Kier molecular flexibility index (Phi) is 3.91. The first kappa shape index (κ1) is 17.5. The van der Waals surface area contributed by atoms with Crippen LogP contribution in [0.15, 0.2) is 36.4 Å². The first-order chi connectivity index (χ1) is 14.0. The van der Waals surface area contributed by atoms with Gasteiger partial charge < -0.3 is 20.5 Å². The number of carbonyl (C=O) groups excluding carboxylic acids is 3. The number of aromatic nitrogens is 1. The van der Waals surface area contributed by atoms with Gasteiger partial charge in [0.1, 0.15) is 0 Å². The first-order valence-electron chi connectivity index (χ1n) is 9.61. The molecule has 2 aliphatic heterocycles. The molecule has 0 radical (unpaired) electrons. The number of benzene rings is 2. The van der Waals surface area contributed by atoms with Crippen molar-refractivity contribution in [3.05, 3.63) is 64.3 Å². The number of aryl methyl sites for hydroxylation is 1. The lowest BCUT2D eigenvalue weighted by Gasteiger charge is -2.27. The Labute approximate surface area is 167 Å². The van der Waals surface area contributed by atoms with Crippen LogP contribution in [0.2, 0.25) is 0 Å². The topological polar surface area (TPSA) is 94.3 Å². The molecule has 2 aliphatic rings. The molecule has 1 aromatic heterocycles. The van der Waals surface area contributed by atoms with Gasteiger partial charge in [0.25, 0.3) is 11.8 Å². The minimum Gasteiger partial charge on any atom is -0.358 e. The Morgan fingerprint density at radius 2 is 1.97 bits per heavy atom. The lowest BCUT2D eigenvalue weighted by Crippen LogP contribution is -2.35. The molecule has 7 nitrogen and oxygen atoms in total. The smallest absolute Gasteiger partial charge is 0.254 e. The zero-order valence-electron chi connectivity index (χ0n) is 16.0. The van der Waals surface area contributed by atoms with Crippen LogP contribution in [0.25, 0.3) is 10.9 Å². The Hall–Kier alpha value is -3.61. The van der Waals surface area contributed by atoms with Crippen LogP contribution < -0.4 is 10.6 Å². The standard InChI is InChI=1S/C22H20N4O3/c1-12-2-5-17-15(8-12)16-11-26(7-6-18(16)24-17)22(29)13-3-4-14-19(9-13)25-20(27)10-23-21(14)28/h2-5,8-9,24H,6-7,10-11H2,1H3,(H,23,28)(H,25,27). The number of aromatic amines is 1. The van der Waals surface area contributed by atoms with Crippen molar-refractivity contribution in [3.63, 3.8) is 0 Å². The molecule has 0 aliphatic carbocycles. The Morgan fingerprint density at radius 1 is 1.10 bits per heavy atom. The normalized spacial score (nSPS) is 16.0. The van der Waals surface area contributed by atoms with Gasteiger partial charge in [-0.3, -0.25) is 14.4 Å². The van der Waals surface area contributed by atoms with Crippen molar-refractivity contribution >= 4 is 34.3 Å². The summed E-state index contributed by atoms with van der Waals surface area (Å²) in [6.45, 7) is 3.12. The largest absolute Gasteiger partial charge is 0.358 e. The maximum absolute atomic E-state index is 13.2. The SMILES string of the molecule is Cc1ccc2[nH]c3c(c2c1)CN(C(=O)c1ccc2c(c1)NC(=O)CNC2=O)CC3. The van der Waals surface area contributed by atoms with E-state index in [1.807, 2.05) is 4.90 Å². The Morgan fingerprint density at radius 3 is 2.83 bits per heavy atom. The molecule has 0 unspecified atom stereocenters. The van der Waals surface area contributed by atoms with Crippen molar-refractivity contribution in [1.29, 1.82) is 0 Å². The summed E-state index contributed by atoms with van der Waals surface area (Å²) < 4.78 is 0. The summed E-state index contributed by atoms with van der Waals surface area (Å²) in [6.07, 6.45) is 0.763. The number of amides is 3. The highest BCUT2D eigenvalue weighted by molar-refractivity contribution is 6.10.